The fourth-order valence-electron chi connectivity index (χ4n) is 2.09. The molecule has 1 aromatic rings. The standard InChI is InChI=1S/C18H31N3O3/c1-4-19-17(20-11-8-12-24-14-13-23-3)21-15-18(2,22)16-9-6-5-7-10-16/h5-7,9-10,22H,4,8,11-15H2,1-3H3,(H2,19,20,21). The lowest BCUT2D eigenvalue weighted by Crippen LogP contribution is -2.39. The predicted molar refractivity (Wildman–Crippen MR) is 97.3 cm³/mol. The summed E-state index contributed by atoms with van der Waals surface area (Å²) in [6.45, 7) is 7.51. The van der Waals surface area contributed by atoms with Crippen LogP contribution in [0.1, 0.15) is 25.8 Å². The van der Waals surface area contributed by atoms with E-state index in [0.717, 1.165) is 25.1 Å². The van der Waals surface area contributed by atoms with Gasteiger partial charge in [0.25, 0.3) is 0 Å². The van der Waals surface area contributed by atoms with Gasteiger partial charge < -0.3 is 25.2 Å². The number of ether oxygens (including phenoxy) is 2. The normalized spacial score (nSPS) is 14.2. The summed E-state index contributed by atoms with van der Waals surface area (Å²) in [5, 5.41) is 17.0. The van der Waals surface area contributed by atoms with Gasteiger partial charge in [-0.25, -0.2) is 4.99 Å². The van der Waals surface area contributed by atoms with E-state index in [9.17, 15) is 5.11 Å². The summed E-state index contributed by atoms with van der Waals surface area (Å²) in [5.74, 6) is 0.700. The highest BCUT2D eigenvalue weighted by Gasteiger charge is 2.22. The molecule has 136 valence electrons. The molecule has 0 saturated carbocycles. The molecule has 0 aliphatic carbocycles. The van der Waals surface area contributed by atoms with Crippen molar-refractivity contribution >= 4 is 5.96 Å². The Labute approximate surface area is 145 Å². The Bertz CT molecular complexity index is 464. The van der Waals surface area contributed by atoms with Gasteiger partial charge >= 0.3 is 0 Å². The van der Waals surface area contributed by atoms with E-state index in [0.29, 0.717) is 25.8 Å². The molecule has 1 rings (SSSR count). The second-order valence-electron chi connectivity index (χ2n) is 5.72. The van der Waals surface area contributed by atoms with E-state index in [1.807, 2.05) is 37.3 Å². The molecule has 6 heteroatoms. The fraction of sp³-hybridized carbons (Fsp3) is 0.611. The summed E-state index contributed by atoms with van der Waals surface area (Å²) in [6.07, 6.45) is 0.878. The van der Waals surface area contributed by atoms with Gasteiger partial charge in [-0.3, -0.25) is 0 Å². The summed E-state index contributed by atoms with van der Waals surface area (Å²) in [6, 6.07) is 9.59. The van der Waals surface area contributed by atoms with Crippen LogP contribution >= 0.6 is 0 Å². The van der Waals surface area contributed by atoms with Crippen LogP contribution in [0.3, 0.4) is 0 Å². The Morgan fingerprint density at radius 3 is 2.58 bits per heavy atom. The smallest absolute Gasteiger partial charge is 0.191 e. The van der Waals surface area contributed by atoms with Crippen LogP contribution in [0.25, 0.3) is 0 Å². The van der Waals surface area contributed by atoms with Gasteiger partial charge in [-0.1, -0.05) is 30.3 Å². The maximum absolute atomic E-state index is 10.6. The average Bonchev–Trinajstić information content (AvgIpc) is 2.59. The van der Waals surface area contributed by atoms with Gasteiger partial charge in [-0.15, -0.1) is 0 Å². The average molecular weight is 337 g/mol. The van der Waals surface area contributed by atoms with Crippen molar-refractivity contribution < 1.29 is 14.6 Å². The summed E-state index contributed by atoms with van der Waals surface area (Å²) >= 11 is 0. The largest absolute Gasteiger partial charge is 0.384 e. The molecular formula is C18H31N3O3. The Morgan fingerprint density at radius 2 is 1.92 bits per heavy atom. The topological polar surface area (TPSA) is 75.1 Å². The Hall–Kier alpha value is -1.63. The van der Waals surface area contributed by atoms with Gasteiger partial charge in [0, 0.05) is 26.8 Å². The van der Waals surface area contributed by atoms with Gasteiger partial charge in [0.15, 0.2) is 5.96 Å². The zero-order valence-corrected chi connectivity index (χ0v) is 15.0. The maximum atomic E-state index is 10.6. The SMILES string of the molecule is CCNC(=NCC(C)(O)c1ccccc1)NCCCOCCOC. The Kier molecular flexibility index (Phi) is 10.1. The quantitative estimate of drug-likeness (QED) is 0.324. The molecule has 24 heavy (non-hydrogen) atoms. The molecule has 0 aliphatic rings. The van der Waals surface area contributed by atoms with Crippen LogP contribution in [0, 0.1) is 0 Å². The lowest BCUT2D eigenvalue weighted by molar-refractivity contribution is 0.0670. The van der Waals surface area contributed by atoms with Crippen molar-refractivity contribution in [2.24, 2.45) is 4.99 Å². The lowest BCUT2D eigenvalue weighted by atomic mass is 9.96. The lowest BCUT2D eigenvalue weighted by Gasteiger charge is -2.22. The minimum atomic E-state index is -0.993. The minimum absolute atomic E-state index is 0.288. The Morgan fingerprint density at radius 1 is 1.17 bits per heavy atom. The summed E-state index contributed by atoms with van der Waals surface area (Å²) in [7, 11) is 1.66. The van der Waals surface area contributed by atoms with Gasteiger partial charge in [-0.2, -0.15) is 0 Å². The van der Waals surface area contributed by atoms with Crippen LogP contribution in [-0.4, -0.2) is 57.6 Å². The van der Waals surface area contributed by atoms with Crippen LogP contribution in [0.5, 0.6) is 0 Å². The third-order valence-electron chi connectivity index (χ3n) is 3.47. The first kappa shape index (κ1) is 20.4. The van der Waals surface area contributed by atoms with Gasteiger partial charge in [0.2, 0.25) is 0 Å². The molecule has 1 unspecified atom stereocenters. The second kappa shape index (κ2) is 11.8. The van der Waals surface area contributed by atoms with E-state index < -0.39 is 5.60 Å². The molecule has 6 nitrogen and oxygen atoms in total. The van der Waals surface area contributed by atoms with Crippen molar-refractivity contribution in [1.82, 2.24) is 10.6 Å². The molecule has 0 fully saturated rings. The molecule has 0 aliphatic heterocycles. The Balaban J connectivity index is 2.41. The van der Waals surface area contributed by atoms with E-state index in [-0.39, 0.29) is 6.54 Å². The summed E-state index contributed by atoms with van der Waals surface area (Å²) in [4.78, 5) is 4.49. The molecule has 0 radical (unpaired) electrons. The van der Waals surface area contributed by atoms with Crippen LogP contribution in [-0.2, 0) is 15.1 Å². The number of methoxy groups -OCH3 is 1. The van der Waals surface area contributed by atoms with E-state index in [4.69, 9.17) is 9.47 Å². The summed E-state index contributed by atoms with van der Waals surface area (Å²) in [5.41, 5.74) is -0.136. The molecule has 0 bridgehead atoms. The number of nitrogens with one attached hydrogen (secondary N) is 2. The van der Waals surface area contributed by atoms with Crippen molar-refractivity contribution in [2.45, 2.75) is 25.9 Å². The monoisotopic (exact) mass is 337 g/mol. The summed E-state index contributed by atoms with van der Waals surface area (Å²) < 4.78 is 10.3. The maximum Gasteiger partial charge on any atom is 0.191 e. The zero-order chi connectivity index (χ0) is 17.7. The first-order valence-corrected chi connectivity index (χ1v) is 8.47. The van der Waals surface area contributed by atoms with Crippen molar-refractivity contribution in [1.29, 1.82) is 0 Å². The van der Waals surface area contributed by atoms with E-state index in [1.54, 1.807) is 14.0 Å². The van der Waals surface area contributed by atoms with Crippen molar-refractivity contribution in [3.8, 4) is 0 Å². The molecular weight excluding hydrogens is 306 g/mol. The molecule has 0 saturated heterocycles. The van der Waals surface area contributed by atoms with E-state index >= 15 is 0 Å². The van der Waals surface area contributed by atoms with Gasteiger partial charge in [0.1, 0.15) is 5.60 Å². The van der Waals surface area contributed by atoms with Crippen molar-refractivity contribution in [2.75, 3.05) is 46.6 Å². The second-order valence-corrected chi connectivity index (χ2v) is 5.72. The van der Waals surface area contributed by atoms with Crippen LogP contribution < -0.4 is 10.6 Å². The fourth-order valence-corrected chi connectivity index (χ4v) is 2.09. The highest BCUT2D eigenvalue weighted by atomic mass is 16.5. The number of aliphatic hydroxyl groups is 1. The number of benzene rings is 1. The predicted octanol–water partition coefficient (Wildman–Crippen LogP) is 1.50. The number of hydrogen-bond acceptors (Lipinski definition) is 4. The molecule has 1 aromatic carbocycles. The highest BCUT2D eigenvalue weighted by Crippen LogP contribution is 2.20. The number of hydrogen-bond donors (Lipinski definition) is 3. The molecule has 0 heterocycles. The van der Waals surface area contributed by atoms with Crippen LogP contribution in [0.15, 0.2) is 35.3 Å². The number of aliphatic imine (C=N–C) groups is 1. The third-order valence-corrected chi connectivity index (χ3v) is 3.47. The van der Waals surface area contributed by atoms with Gasteiger partial charge in [0.05, 0.1) is 19.8 Å². The van der Waals surface area contributed by atoms with Crippen molar-refractivity contribution in [3.63, 3.8) is 0 Å². The number of guanidine groups is 1. The van der Waals surface area contributed by atoms with Crippen LogP contribution in [0.4, 0.5) is 0 Å². The molecule has 1 atom stereocenters. The minimum Gasteiger partial charge on any atom is -0.384 e. The first-order valence-electron chi connectivity index (χ1n) is 8.47. The van der Waals surface area contributed by atoms with Crippen LogP contribution in [0.2, 0.25) is 0 Å². The molecule has 3 N–H and O–H groups in total. The number of nitrogens with zero attached hydrogens (tertiary/aromatic N) is 1. The molecule has 0 amide bonds. The van der Waals surface area contributed by atoms with E-state index in [1.165, 1.54) is 0 Å². The number of rotatable bonds is 11. The highest BCUT2D eigenvalue weighted by molar-refractivity contribution is 5.79. The first-order chi connectivity index (χ1) is 11.6. The van der Waals surface area contributed by atoms with Crippen molar-refractivity contribution in [3.05, 3.63) is 35.9 Å². The zero-order valence-electron chi connectivity index (χ0n) is 15.0. The third kappa shape index (κ3) is 8.29. The molecule has 0 spiro atoms. The molecule has 0 aromatic heterocycles. The van der Waals surface area contributed by atoms with E-state index in [2.05, 4.69) is 15.6 Å². The van der Waals surface area contributed by atoms with Gasteiger partial charge in [-0.05, 0) is 25.8 Å².